The van der Waals surface area contributed by atoms with Crippen molar-refractivity contribution in [1.82, 2.24) is 0 Å². The second-order valence-corrected chi connectivity index (χ2v) is 1.55. The maximum Gasteiger partial charge on any atom is 0 e. The van der Waals surface area contributed by atoms with Gasteiger partial charge < -0.3 is 9.84 Å². The Kier molecular flexibility index (Phi) is 341. The number of hydrogen-bond donors (Lipinski definition) is 1. The second-order valence-electron chi connectivity index (χ2n) is 1.55. The van der Waals surface area contributed by atoms with Crippen LogP contribution in [0.15, 0.2) is 12.7 Å². The van der Waals surface area contributed by atoms with Crippen LogP contribution in [0, 0.1) is 52.2 Å². The van der Waals surface area contributed by atoms with E-state index in [2.05, 4.69) is 52.4 Å². The minimum atomic E-state index is -0.882. The molecule has 0 saturated carbocycles. The zero-order valence-electron chi connectivity index (χ0n) is 11.5. The number of methoxy groups -OCH3 is 1. The molecule has 0 aliphatic heterocycles. The number of rotatable bonds is 3. The van der Waals surface area contributed by atoms with Gasteiger partial charge in [-0.15, -0.1) is 13.0 Å². The van der Waals surface area contributed by atoms with E-state index in [1.165, 1.54) is 13.2 Å². The van der Waals surface area contributed by atoms with E-state index < -0.39 is 12.2 Å². The van der Waals surface area contributed by atoms with Gasteiger partial charge in [0.2, 0.25) is 0 Å². The van der Waals surface area contributed by atoms with Gasteiger partial charge in [0.15, 0.2) is 0 Å². The first kappa shape index (κ1) is 57.7. The summed E-state index contributed by atoms with van der Waals surface area (Å²) in [6.45, 7) is 30.4. The zero-order chi connectivity index (χ0) is 19.3. The molecular weight excluding hydrogens is 402 g/mol. The molecule has 0 aliphatic carbocycles. The van der Waals surface area contributed by atoms with Crippen LogP contribution in [0.4, 0.5) is 0 Å². The summed E-state index contributed by atoms with van der Waals surface area (Å²) in [7, 11) is 1.47. The molecule has 0 aromatic heterocycles. The van der Waals surface area contributed by atoms with Crippen LogP contribution in [0.5, 0.6) is 0 Å². The Labute approximate surface area is 155 Å². The smallest absolute Gasteiger partial charge is 0 e. The van der Waals surface area contributed by atoms with Crippen molar-refractivity contribution in [1.29, 1.82) is 0 Å². The van der Waals surface area contributed by atoms with E-state index in [4.69, 9.17) is 44.2 Å². The maximum absolute atomic E-state index is 8.89. The first-order chi connectivity index (χ1) is 10.3. The average Bonchev–Trinajstić information content (AvgIpc) is 2.66. The van der Waals surface area contributed by atoms with Gasteiger partial charge >= 0.3 is 67.8 Å². The van der Waals surface area contributed by atoms with E-state index in [9.17, 15) is 0 Å². The van der Waals surface area contributed by atoms with E-state index in [-0.39, 0.29) is 33.6 Å². The Balaban J connectivity index is -0.0000000171. The molecule has 0 saturated heterocycles. The molecule has 0 aromatic rings. The minimum absolute atomic E-state index is 0. The van der Waals surface area contributed by atoms with E-state index >= 15 is 0 Å². The molecule has 8 nitrogen and oxygen atoms in total. The van der Waals surface area contributed by atoms with Crippen LogP contribution in [-0.4, -0.2) is 24.4 Å². The molecule has 0 aromatic carbocycles. The Bertz CT molecular complexity index is 289. The van der Waals surface area contributed by atoms with Crippen LogP contribution in [0.1, 0.15) is 0 Å². The van der Waals surface area contributed by atoms with Crippen molar-refractivity contribution in [3.05, 3.63) is 52.6 Å². The van der Waals surface area contributed by atoms with Crippen LogP contribution < -0.4 is 0 Å². The Morgan fingerprint density at radius 3 is 1.17 bits per heavy atom. The summed E-state index contributed by atoms with van der Waals surface area (Å²) in [5.74, 6) is 2.13. The van der Waals surface area contributed by atoms with Gasteiger partial charge in [-0.05, 0) is 0 Å². The monoisotopic (exact) mass is 412 g/mol. The number of aliphatic hydroxyl groups is 1. The molecule has 23 heavy (non-hydrogen) atoms. The zero-order valence-corrected chi connectivity index (χ0v) is 13.6. The Morgan fingerprint density at radius 2 is 1.13 bits per heavy atom. The molecule has 0 heterocycles. The van der Waals surface area contributed by atoms with Gasteiger partial charge in [0.25, 0.3) is 0 Å². The van der Waals surface area contributed by atoms with Crippen LogP contribution in [-0.2, 0) is 66.2 Å². The molecule has 0 fully saturated rings. The summed E-state index contributed by atoms with van der Waals surface area (Å²) >= 11 is 0. The molecule has 0 bridgehead atoms. The summed E-state index contributed by atoms with van der Waals surface area (Å²) in [4.78, 5) is 0. The molecule has 0 aliphatic rings. The molecule has 0 rings (SSSR count). The first-order valence-corrected chi connectivity index (χ1v) is 3.78. The normalized spacial score (nSPS) is 6.65. The fourth-order valence-corrected chi connectivity index (χ4v) is 0.449. The number of terminal acetylenes is 1. The summed E-state index contributed by atoms with van der Waals surface area (Å²) < 4.78 is 49.7. The predicted molar refractivity (Wildman–Crippen MR) is 59.4 cm³/mol. The predicted octanol–water partition coefficient (Wildman–Crippen LogP) is -0.0486. The third-order valence-corrected chi connectivity index (χ3v) is 0.986. The maximum atomic E-state index is 8.89. The average molecular weight is 412 g/mol. The number of ether oxygens (including phenoxy) is 1. The Morgan fingerprint density at radius 1 is 0.913 bits per heavy atom. The van der Waals surface area contributed by atoms with Crippen molar-refractivity contribution >= 4 is 0 Å². The summed E-state index contributed by atoms with van der Waals surface area (Å²) in [6, 6.07) is 0. The van der Waals surface area contributed by atoms with Gasteiger partial charge in [-0.1, -0.05) is 12.0 Å². The van der Waals surface area contributed by atoms with Crippen molar-refractivity contribution < 1.29 is 71.3 Å². The Hall–Kier alpha value is -1.33. The van der Waals surface area contributed by atoms with Gasteiger partial charge in [0, 0.05) is 40.7 Å². The van der Waals surface area contributed by atoms with Crippen molar-refractivity contribution in [2.45, 2.75) is 12.2 Å². The number of aliphatic hydroxyl groups excluding tert-OH is 1. The summed E-state index contributed by atoms with van der Waals surface area (Å²) in [5, 5.41) is 8.89. The first-order valence-electron chi connectivity index (χ1n) is 3.78. The second kappa shape index (κ2) is 136. The van der Waals surface area contributed by atoms with Crippen molar-refractivity contribution in [3.63, 3.8) is 0 Å². The molecule has 0 spiro atoms. The molecule has 1 N–H and O–H groups in total. The largest absolute Gasteiger partial charge is 0 e. The van der Waals surface area contributed by atoms with Gasteiger partial charge in [-0.25, -0.2) is 0 Å². The van der Waals surface area contributed by atoms with E-state index in [1.807, 2.05) is 0 Å². The van der Waals surface area contributed by atoms with Crippen molar-refractivity contribution in [3.8, 4) is 12.3 Å². The van der Waals surface area contributed by atoms with Crippen LogP contribution >= 0.6 is 0 Å². The van der Waals surface area contributed by atoms with Gasteiger partial charge in [-0.3, -0.25) is 0 Å². The molecule has 128 valence electrons. The van der Waals surface area contributed by atoms with E-state index in [1.54, 1.807) is 0 Å². The van der Waals surface area contributed by atoms with Crippen LogP contribution in [0.2, 0.25) is 0 Å². The third kappa shape index (κ3) is 95.8. The molecule has 0 amide bonds. The summed E-state index contributed by atoms with van der Waals surface area (Å²) in [5.41, 5.74) is 0. The fraction of sp³-hybridized carbons (Fsp3) is 0.231. The quantitative estimate of drug-likeness (QED) is 0.300. The topological polar surface area (TPSA) is 149 Å². The molecule has 2 radical (unpaired) electrons. The van der Waals surface area contributed by atoms with Gasteiger partial charge in [-0.2, -0.15) is 0 Å². The van der Waals surface area contributed by atoms with Crippen molar-refractivity contribution in [2.24, 2.45) is 0 Å². The van der Waals surface area contributed by atoms with Gasteiger partial charge in [0.05, 0.1) is 0 Å². The van der Waals surface area contributed by atoms with Crippen LogP contribution in [0.3, 0.4) is 0 Å². The molecular formula is C13H10Co2O8. The fourth-order valence-electron chi connectivity index (χ4n) is 0.449. The molecule has 2 atom stereocenters. The van der Waals surface area contributed by atoms with Gasteiger partial charge in [0.1, 0.15) is 12.2 Å². The standard InChI is InChI=1S/C7H10O2.6CO.2Co/c1-4-6(8)7(5-2)9-3;6*1-2;;/h1,5-8H,2H2,3H3;;;;;;;;/t6-,7-;;;;;;;;/m1......../s1. The minimum Gasteiger partial charge on any atom is 0 e. The third-order valence-electron chi connectivity index (χ3n) is 0.986. The van der Waals surface area contributed by atoms with E-state index in [0.717, 1.165) is 0 Å². The van der Waals surface area contributed by atoms with Crippen molar-refractivity contribution in [2.75, 3.05) is 7.11 Å². The van der Waals surface area contributed by atoms with E-state index in [0.29, 0.717) is 0 Å². The number of hydrogen-bond acceptors (Lipinski definition) is 2. The molecule has 0 unspecified atom stereocenters. The molecule has 10 heteroatoms. The SMILES string of the molecule is C#C[C@@H](O)[C@@H](C=C)OC.[C-]#[O+].[C-]#[O+].[C-]#[O+].[C-]#[O+].[C-]#[O+].[C-]#[O+].[Co].[Co]. The summed E-state index contributed by atoms with van der Waals surface area (Å²) in [6.07, 6.45) is 5.03. The van der Waals surface area contributed by atoms with Crippen LogP contribution in [0.25, 0.3) is 0 Å².